The Morgan fingerprint density at radius 3 is 2.53 bits per heavy atom. The number of pyridine rings is 1. The van der Waals surface area contributed by atoms with E-state index in [-0.39, 0.29) is 0 Å². The summed E-state index contributed by atoms with van der Waals surface area (Å²) in [7, 11) is 2.11. The molecule has 3 aromatic carbocycles. The molecule has 6 rings (SSSR count). The maximum absolute atomic E-state index is 7.34. The van der Waals surface area contributed by atoms with Gasteiger partial charge in [0.15, 0.2) is 11.9 Å². The number of aryl methyl sites for hydroxylation is 2. The number of aromatic nitrogens is 1. The average Bonchev–Trinajstić information content (AvgIpc) is 3.47. The average molecular weight is 418 g/mol. The highest BCUT2D eigenvalue weighted by molar-refractivity contribution is 6.12. The SMILES string of the molecule is [C-]#[N+]c1ccc2c(c1)oc1c(-c3c4ccc(C5CCCC5)cc4cc[n+]3C)c(C)ccc12. The summed E-state index contributed by atoms with van der Waals surface area (Å²) >= 11 is 0. The first-order chi connectivity index (χ1) is 15.6. The third-order valence-corrected chi connectivity index (χ3v) is 7.19. The Morgan fingerprint density at radius 1 is 0.938 bits per heavy atom. The van der Waals surface area contributed by atoms with Crippen molar-refractivity contribution in [1.82, 2.24) is 0 Å². The summed E-state index contributed by atoms with van der Waals surface area (Å²) in [6, 6.07) is 19.3. The molecule has 156 valence electrons. The topological polar surface area (TPSA) is 21.4 Å². The van der Waals surface area contributed by atoms with E-state index < -0.39 is 0 Å². The standard InChI is InChI=1S/C29H25N2O/c1-18-8-11-25-24-13-10-22(30-2)17-26(24)32-29(25)27(18)28-23-12-9-20(19-6-4-5-7-19)16-21(23)14-15-31(28)3/h8-17,19H,4-7H2,1,3H3/q+1. The summed E-state index contributed by atoms with van der Waals surface area (Å²) in [6.45, 7) is 9.49. The molecule has 1 fully saturated rings. The van der Waals surface area contributed by atoms with Crippen molar-refractivity contribution in [3.8, 4) is 11.3 Å². The van der Waals surface area contributed by atoms with Gasteiger partial charge in [0.2, 0.25) is 5.69 Å². The van der Waals surface area contributed by atoms with Crippen molar-refractivity contribution in [2.45, 2.75) is 38.5 Å². The zero-order valence-electron chi connectivity index (χ0n) is 18.5. The van der Waals surface area contributed by atoms with Gasteiger partial charge >= 0.3 is 0 Å². The van der Waals surface area contributed by atoms with Gasteiger partial charge in [-0.2, -0.15) is 0 Å². The van der Waals surface area contributed by atoms with Gasteiger partial charge in [-0.05, 0) is 54.3 Å². The second kappa shape index (κ2) is 7.21. The number of rotatable bonds is 2. The molecular weight excluding hydrogens is 392 g/mol. The van der Waals surface area contributed by atoms with Gasteiger partial charge in [-0.15, -0.1) is 0 Å². The van der Waals surface area contributed by atoms with Crippen LogP contribution >= 0.6 is 0 Å². The summed E-state index contributed by atoms with van der Waals surface area (Å²) in [5.74, 6) is 0.703. The Bertz CT molecular complexity index is 1560. The van der Waals surface area contributed by atoms with Crippen molar-refractivity contribution >= 4 is 38.4 Å². The Hall–Kier alpha value is -3.64. The van der Waals surface area contributed by atoms with Gasteiger partial charge in [-0.1, -0.05) is 49.2 Å². The minimum Gasteiger partial charge on any atom is -0.456 e. The summed E-state index contributed by atoms with van der Waals surface area (Å²) in [5, 5.41) is 4.68. The highest BCUT2D eigenvalue weighted by Crippen LogP contribution is 2.41. The van der Waals surface area contributed by atoms with Crippen molar-refractivity contribution in [3.63, 3.8) is 0 Å². The molecule has 0 N–H and O–H groups in total. The van der Waals surface area contributed by atoms with Gasteiger partial charge in [0.25, 0.3) is 0 Å². The molecule has 0 radical (unpaired) electrons. The van der Waals surface area contributed by atoms with Crippen LogP contribution in [0.1, 0.15) is 42.7 Å². The molecule has 3 heteroatoms. The Kier molecular flexibility index (Phi) is 4.30. The molecule has 1 aliphatic carbocycles. The van der Waals surface area contributed by atoms with E-state index in [0.717, 1.165) is 27.5 Å². The molecule has 1 aliphatic rings. The van der Waals surface area contributed by atoms with E-state index in [9.17, 15) is 0 Å². The van der Waals surface area contributed by atoms with Crippen molar-refractivity contribution in [2.75, 3.05) is 0 Å². The number of hydrogen-bond donors (Lipinski definition) is 0. The van der Waals surface area contributed by atoms with E-state index in [2.05, 4.69) is 66.0 Å². The molecule has 0 spiro atoms. The first-order valence-electron chi connectivity index (χ1n) is 11.4. The van der Waals surface area contributed by atoms with Crippen LogP contribution in [0.4, 0.5) is 5.69 Å². The van der Waals surface area contributed by atoms with Gasteiger partial charge in [0.1, 0.15) is 18.2 Å². The second-order valence-electron chi connectivity index (χ2n) is 9.13. The molecule has 0 atom stereocenters. The lowest BCUT2D eigenvalue weighted by atomic mass is 9.92. The van der Waals surface area contributed by atoms with Crippen LogP contribution in [0.2, 0.25) is 0 Å². The predicted octanol–water partition coefficient (Wildman–Crippen LogP) is 7.75. The Balaban J connectivity index is 1.64. The lowest BCUT2D eigenvalue weighted by Crippen LogP contribution is -2.30. The normalized spacial score (nSPS) is 14.5. The van der Waals surface area contributed by atoms with Crippen molar-refractivity contribution in [3.05, 3.63) is 83.3 Å². The third-order valence-electron chi connectivity index (χ3n) is 7.19. The van der Waals surface area contributed by atoms with Crippen LogP contribution in [-0.2, 0) is 7.05 Å². The van der Waals surface area contributed by atoms with Gasteiger partial charge in [0, 0.05) is 16.8 Å². The molecule has 0 saturated heterocycles. The molecular formula is C29H25N2O+. The van der Waals surface area contributed by atoms with Crippen LogP contribution in [0.5, 0.6) is 0 Å². The quantitative estimate of drug-likeness (QED) is 0.212. The van der Waals surface area contributed by atoms with Crippen LogP contribution in [0.15, 0.2) is 65.2 Å². The van der Waals surface area contributed by atoms with Gasteiger partial charge in [-0.25, -0.2) is 9.41 Å². The second-order valence-corrected chi connectivity index (χ2v) is 9.13. The highest BCUT2D eigenvalue weighted by Gasteiger charge is 2.24. The van der Waals surface area contributed by atoms with Gasteiger partial charge in [-0.3, -0.25) is 0 Å². The smallest absolute Gasteiger partial charge is 0.224 e. The Morgan fingerprint density at radius 2 is 1.72 bits per heavy atom. The molecule has 2 aromatic heterocycles. The summed E-state index contributed by atoms with van der Waals surface area (Å²) in [6.07, 6.45) is 7.47. The number of furan rings is 1. The molecule has 0 unspecified atom stereocenters. The summed E-state index contributed by atoms with van der Waals surface area (Å²) in [4.78, 5) is 3.57. The van der Waals surface area contributed by atoms with Gasteiger partial charge < -0.3 is 4.42 Å². The number of benzene rings is 3. The fourth-order valence-corrected chi connectivity index (χ4v) is 5.51. The van der Waals surface area contributed by atoms with Crippen LogP contribution in [0.3, 0.4) is 0 Å². The molecule has 3 nitrogen and oxygen atoms in total. The lowest BCUT2D eigenvalue weighted by molar-refractivity contribution is -0.659. The fourth-order valence-electron chi connectivity index (χ4n) is 5.51. The first kappa shape index (κ1) is 19.1. The Labute approximate surface area is 187 Å². The molecule has 2 heterocycles. The molecule has 0 bridgehead atoms. The highest BCUT2D eigenvalue weighted by atomic mass is 16.3. The minimum absolute atomic E-state index is 0.602. The van der Waals surface area contributed by atoms with Crippen LogP contribution in [0.25, 0.3) is 48.8 Å². The minimum atomic E-state index is 0.602. The van der Waals surface area contributed by atoms with Crippen LogP contribution in [-0.4, -0.2) is 0 Å². The van der Waals surface area contributed by atoms with E-state index in [1.165, 1.54) is 53.3 Å². The number of nitrogens with zero attached hydrogens (tertiary/aromatic N) is 2. The number of hydrogen-bond acceptors (Lipinski definition) is 1. The maximum Gasteiger partial charge on any atom is 0.224 e. The molecule has 32 heavy (non-hydrogen) atoms. The number of fused-ring (bicyclic) bond motifs is 4. The molecule has 1 saturated carbocycles. The predicted molar refractivity (Wildman–Crippen MR) is 130 cm³/mol. The van der Waals surface area contributed by atoms with E-state index in [1.54, 1.807) is 0 Å². The van der Waals surface area contributed by atoms with E-state index in [0.29, 0.717) is 11.6 Å². The summed E-state index contributed by atoms with van der Waals surface area (Å²) in [5.41, 5.74) is 7.23. The fraction of sp³-hybridized carbons (Fsp3) is 0.241. The molecule has 5 aromatic rings. The van der Waals surface area contributed by atoms with E-state index >= 15 is 0 Å². The van der Waals surface area contributed by atoms with E-state index in [1.807, 2.05) is 18.2 Å². The monoisotopic (exact) mass is 417 g/mol. The zero-order chi connectivity index (χ0) is 21.8. The lowest BCUT2D eigenvalue weighted by Gasteiger charge is -2.12. The third kappa shape index (κ3) is 2.83. The first-order valence-corrected chi connectivity index (χ1v) is 11.4. The maximum atomic E-state index is 7.34. The zero-order valence-corrected chi connectivity index (χ0v) is 18.5. The summed E-state index contributed by atoms with van der Waals surface area (Å²) < 4.78 is 8.62. The van der Waals surface area contributed by atoms with Crippen LogP contribution < -0.4 is 4.57 Å². The van der Waals surface area contributed by atoms with Crippen molar-refractivity contribution < 1.29 is 8.98 Å². The largest absolute Gasteiger partial charge is 0.456 e. The van der Waals surface area contributed by atoms with Gasteiger partial charge in [0.05, 0.1) is 17.5 Å². The van der Waals surface area contributed by atoms with Crippen molar-refractivity contribution in [2.24, 2.45) is 7.05 Å². The van der Waals surface area contributed by atoms with E-state index in [4.69, 9.17) is 11.0 Å². The molecule has 0 amide bonds. The van der Waals surface area contributed by atoms with Crippen LogP contribution in [0, 0.1) is 13.5 Å². The molecule has 0 aliphatic heterocycles. The van der Waals surface area contributed by atoms with Crippen molar-refractivity contribution in [1.29, 1.82) is 0 Å².